The molecule has 0 spiro atoms. The second kappa shape index (κ2) is 11.9. The molecule has 12 heteroatoms. The lowest BCUT2D eigenvalue weighted by Gasteiger charge is -2.11. The van der Waals surface area contributed by atoms with Crippen LogP contribution in [0.4, 0.5) is 17.3 Å². The summed E-state index contributed by atoms with van der Waals surface area (Å²) in [6.07, 6.45) is 5.17. The minimum absolute atomic E-state index is 0.137. The summed E-state index contributed by atoms with van der Waals surface area (Å²) in [6.45, 7) is 2.76. The van der Waals surface area contributed by atoms with Crippen LogP contribution in [-0.2, 0) is 6.54 Å². The molecular formula is C23H26Cl2N6O4. The molecule has 3 aromatic rings. The van der Waals surface area contributed by atoms with Crippen LogP contribution in [0.5, 0.6) is 0 Å². The maximum absolute atomic E-state index is 12.9. The fourth-order valence-corrected chi connectivity index (χ4v) is 3.95. The highest BCUT2D eigenvalue weighted by molar-refractivity contribution is 6.36. The lowest BCUT2D eigenvalue weighted by atomic mass is 10.0. The maximum atomic E-state index is 12.9. The quantitative estimate of drug-likeness (QED) is 0.167. The third-order valence-electron chi connectivity index (χ3n) is 5.25. The molecule has 1 aromatic carbocycles. The van der Waals surface area contributed by atoms with Crippen molar-refractivity contribution in [3.63, 3.8) is 0 Å². The van der Waals surface area contributed by atoms with E-state index in [2.05, 4.69) is 15.6 Å². The molecule has 0 radical (unpaired) electrons. The number of nitrogen functional groups attached to an aromatic ring is 1. The number of nitro groups is 1. The molecule has 0 aliphatic rings. The first kappa shape index (κ1) is 26.3. The van der Waals surface area contributed by atoms with E-state index in [-0.39, 0.29) is 24.0 Å². The number of hydrogen-bond donors (Lipinski definition) is 4. The van der Waals surface area contributed by atoms with Crippen molar-refractivity contribution in [3.8, 4) is 11.1 Å². The van der Waals surface area contributed by atoms with Crippen molar-refractivity contribution in [2.24, 2.45) is 0 Å². The minimum atomic E-state index is -0.576. The average Bonchev–Trinajstić information content (AvgIpc) is 3.22. The molecule has 35 heavy (non-hydrogen) atoms. The number of benzene rings is 1. The Morgan fingerprint density at radius 1 is 1.23 bits per heavy atom. The van der Waals surface area contributed by atoms with Crippen molar-refractivity contribution in [1.82, 2.24) is 14.9 Å². The number of aromatic nitrogens is 2. The van der Waals surface area contributed by atoms with Crippen LogP contribution >= 0.6 is 23.2 Å². The van der Waals surface area contributed by atoms with Crippen molar-refractivity contribution in [2.45, 2.75) is 32.4 Å². The fraction of sp³-hybridized carbons (Fsp3) is 0.304. The highest BCUT2D eigenvalue weighted by Gasteiger charge is 2.19. The van der Waals surface area contributed by atoms with Gasteiger partial charge in [-0.1, -0.05) is 29.3 Å². The molecule has 3 rings (SSSR count). The molecule has 0 saturated carbocycles. The monoisotopic (exact) mass is 520 g/mol. The average molecular weight is 521 g/mol. The number of nitrogens with zero attached hydrogens (tertiary/aromatic N) is 3. The molecule has 1 amide bonds. The first-order valence-electron chi connectivity index (χ1n) is 10.9. The standard InChI is InChI=1S/C23H26Cl2N6O4/c1-14(13-32)28-23(33)18-12-30(11-17(18)16-5-4-15(24)10-19(16)25)9-3-2-8-27-21-7-6-20(31(34)35)22(26)29-21/h4-7,10-12,14,32H,2-3,8-9,13H2,1H3,(H,28,33)(H3,26,27,29)/t14-/m0/s1. The van der Waals surface area contributed by atoms with Gasteiger partial charge in [0.2, 0.25) is 5.82 Å². The number of nitrogens with two attached hydrogens (primary N) is 1. The van der Waals surface area contributed by atoms with Gasteiger partial charge in [-0.15, -0.1) is 0 Å². The number of carbonyl (C=O) groups excluding carboxylic acids is 1. The van der Waals surface area contributed by atoms with Crippen LogP contribution in [-0.4, -0.2) is 44.7 Å². The number of nitrogens with one attached hydrogen (secondary N) is 2. The second-order valence-electron chi connectivity index (χ2n) is 8.00. The van der Waals surface area contributed by atoms with Gasteiger partial charge in [0.05, 0.1) is 17.1 Å². The highest BCUT2D eigenvalue weighted by atomic mass is 35.5. The Bertz CT molecular complexity index is 1220. The van der Waals surface area contributed by atoms with Gasteiger partial charge >= 0.3 is 5.69 Å². The molecule has 0 unspecified atom stereocenters. The number of halogens is 2. The van der Waals surface area contributed by atoms with Crippen molar-refractivity contribution in [2.75, 3.05) is 24.2 Å². The van der Waals surface area contributed by atoms with Gasteiger partial charge < -0.3 is 26.0 Å². The first-order chi connectivity index (χ1) is 16.7. The Labute approximate surface area is 212 Å². The summed E-state index contributed by atoms with van der Waals surface area (Å²) in [5.74, 6) is 0.0163. The van der Waals surface area contributed by atoms with Gasteiger partial charge in [0.1, 0.15) is 5.82 Å². The summed E-state index contributed by atoms with van der Waals surface area (Å²) in [7, 11) is 0. The lowest BCUT2D eigenvalue weighted by molar-refractivity contribution is -0.384. The van der Waals surface area contributed by atoms with Crippen molar-refractivity contribution >= 4 is 46.4 Å². The number of unbranched alkanes of at least 4 members (excludes halogenated alkanes) is 1. The molecule has 5 N–H and O–H groups in total. The molecule has 2 aromatic heterocycles. The van der Waals surface area contributed by atoms with Crippen LogP contribution in [0.25, 0.3) is 11.1 Å². The zero-order chi connectivity index (χ0) is 25.5. The van der Waals surface area contributed by atoms with E-state index in [9.17, 15) is 20.0 Å². The second-order valence-corrected chi connectivity index (χ2v) is 8.84. The number of anilines is 2. The number of aliphatic hydroxyl groups excluding tert-OH is 1. The Morgan fingerprint density at radius 2 is 2.00 bits per heavy atom. The predicted octanol–water partition coefficient (Wildman–Crippen LogP) is 4.35. The number of aryl methyl sites for hydroxylation is 1. The molecule has 1 atom stereocenters. The fourth-order valence-electron chi connectivity index (χ4n) is 3.44. The van der Waals surface area contributed by atoms with E-state index in [0.29, 0.717) is 45.6 Å². The van der Waals surface area contributed by atoms with Gasteiger partial charge in [-0.3, -0.25) is 14.9 Å². The van der Waals surface area contributed by atoms with Crippen molar-refractivity contribution in [3.05, 3.63) is 68.4 Å². The number of pyridine rings is 1. The normalized spacial score (nSPS) is 11.8. The zero-order valence-corrected chi connectivity index (χ0v) is 20.5. The van der Waals surface area contributed by atoms with Crippen LogP contribution in [0.15, 0.2) is 42.7 Å². The summed E-state index contributed by atoms with van der Waals surface area (Å²) in [6, 6.07) is 7.54. The van der Waals surface area contributed by atoms with Crippen LogP contribution in [0, 0.1) is 10.1 Å². The predicted molar refractivity (Wildman–Crippen MR) is 137 cm³/mol. The first-order valence-corrected chi connectivity index (χ1v) is 11.7. The van der Waals surface area contributed by atoms with Gasteiger partial charge in [0, 0.05) is 58.8 Å². The Hall–Kier alpha value is -3.34. The summed E-state index contributed by atoms with van der Waals surface area (Å²) < 4.78 is 1.92. The number of carbonyl (C=O) groups is 1. The highest BCUT2D eigenvalue weighted by Crippen LogP contribution is 2.33. The Kier molecular flexibility index (Phi) is 8.91. The molecule has 10 nitrogen and oxygen atoms in total. The van der Waals surface area contributed by atoms with Gasteiger partial charge in [0.25, 0.3) is 5.91 Å². The van der Waals surface area contributed by atoms with Crippen LogP contribution in [0.3, 0.4) is 0 Å². The Morgan fingerprint density at radius 3 is 2.66 bits per heavy atom. The van der Waals surface area contributed by atoms with E-state index in [4.69, 9.17) is 28.9 Å². The van der Waals surface area contributed by atoms with E-state index < -0.39 is 11.0 Å². The van der Waals surface area contributed by atoms with E-state index in [1.807, 2.05) is 10.8 Å². The number of aliphatic hydroxyl groups is 1. The molecule has 2 heterocycles. The topological polar surface area (TPSA) is 148 Å². The van der Waals surface area contributed by atoms with E-state index >= 15 is 0 Å². The van der Waals surface area contributed by atoms with E-state index in [1.54, 1.807) is 31.3 Å². The minimum Gasteiger partial charge on any atom is -0.394 e. The zero-order valence-electron chi connectivity index (χ0n) is 19.0. The smallest absolute Gasteiger partial charge is 0.311 e. The lowest BCUT2D eigenvalue weighted by Crippen LogP contribution is -2.35. The van der Waals surface area contributed by atoms with Gasteiger partial charge in [-0.05, 0) is 38.0 Å². The molecular weight excluding hydrogens is 495 g/mol. The van der Waals surface area contributed by atoms with Crippen molar-refractivity contribution < 1.29 is 14.8 Å². The summed E-state index contributed by atoms with van der Waals surface area (Å²) in [4.78, 5) is 27.1. The summed E-state index contributed by atoms with van der Waals surface area (Å²) in [5.41, 5.74) is 7.18. The maximum Gasteiger partial charge on any atom is 0.311 e. The summed E-state index contributed by atoms with van der Waals surface area (Å²) >= 11 is 12.4. The van der Waals surface area contributed by atoms with Crippen LogP contribution < -0.4 is 16.4 Å². The molecule has 0 saturated heterocycles. The van der Waals surface area contributed by atoms with Gasteiger partial charge in [-0.2, -0.15) is 0 Å². The molecule has 0 aliphatic carbocycles. The molecule has 0 bridgehead atoms. The molecule has 0 fully saturated rings. The van der Waals surface area contributed by atoms with Gasteiger partial charge in [-0.25, -0.2) is 4.98 Å². The third-order valence-corrected chi connectivity index (χ3v) is 5.79. The summed E-state index contributed by atoms with van der Waals surface area (Å²) in [5, 5.41) is 26.9. The number of hydrogen-bond acceptors (Lipinski definition) is 7. The van der Waals surface area contributed by atoms with E-state index in [0.717, 1.165) is 12.8 Å². The van der Waals surface area contributed by atoms with Gasteiger partial charge in [0.15, 0.2) is 0 Å². The van der Waals surface area contributed by atoms with Crippen LogP contribution in [0.2, 0.25) is 10.0 Å². The van der Waals surface area contributed by atoms with E-state index in [1.165, 1.54) is 12.1 Å². The Balaban J connectivity index is 1.66. The largest absolute Gasteiger partial charge is 0.394 e. The SMILES string of the molecule is C[C@@H](CO)NC(=O)c1cn(CCCCNc2ccc([N+](=O)[O-])c(N)n2)cc1-c1ccc(Cl)cc1Cl. The molecule has 186 valence electrons. The number of rotatable bonds is 11. The third kappa shape index (κ3) is 6.84. The number of amides is 1. The molecule has 0 aliphatic heterocycles. The van der Waals surface area contributed by atoms with Crippen molar-refractivity contribution in [1.29, 1.82) is 0 Å². The van der Waals surface area contributed by atoms with Crippen LogP contribution in [0.1, 0.15) is 30.1 Å².